The van der Waals surface area contributed by atoms with Crippen LogP contribution in [0.5, 0.6) is 0 Å². The summed E-state index contributed by atoms with van der Waals surface area (Å²) in [6.45, 7) is 4.10. The van der Waals surface area contributed by atoms with Crippen LogP contribution in [0.4, 0.5) is 5.69 Å². The number of hydrazone groups is 1. The van der Waals surface area contributed by atoms with Gasteiger partial charge in [-0.3, -0.25) is 4.79 Å². The van der Waals surface area contributed by atoms with Crippen LogP contribution in [0.15, 0.2) is 84.1 Å². The van der Waals surface area contributed by atoms with Gasteiger partial charge in [0.15, 0.2) is 0 Å². The van der Waals surface area contributed by atoms with Crippen LogP contribution < -0.4 is 10.3 Å². The monoisotopic (exact) mass is 425 g/mol. The third kappa shape index (κ3) is 4.34. The van der Waals surface area contributed by atoms with Crippen molar-refractivity contribution in [3.63, 3.8) is 0 Å². The van der Waals surface area contributed by atoms with Gasteiger partial charge in [0, 0.05) is 54.3 Å². The first-order valence-corrected chi connectivity index (χ1v) is 10.5. The van der Waals surface area contributed by atoms with Gasteiger partial charge in [-0.25, -0.2) is 5.43 Å². The number of benzene rings is 2. The van der Waals surface area contributed by atoms with Crippen molar-refractivity contribution in [3.05, 3.63) is 102 Å². The van der Waals surface area contributed by atoms with Gasteiger partial charge in [-0.2, -0.15) is 5.10 Å². The second-order valence-corrected chi connectivity index (χ2v) is 7.91. The van der Waals surface area contributed by atoms with Crippen LogP contribution >= 0.6 is 0 Å². The minimum atomic E-state index is -0.251. The lowest BCUT2D eigenvalue weighted by atomic mass is 10.2. The van der Waals surface area contributed by atoms with Gasteiger partial charge in [-0.15, -0.1) is 0 Å². The summed E-state index contributed by atoms with van der Waals surface area (Å²) in [4.78, 5) is 14.7. The Morgan fingerprint density at radius 1 is 0.906 bits per heavy atom. The fraction of sp³-hybridized carbons (Fsp3) is 0.154. The maximum absolute atomic E-state index is 12.7. The first-order chi connectivity index (χ1) is 15.4. The minimum Gasteiger partial charge on any atom is -0.378 e. The lowest BCUT2D eigenvalue weighted by Crippen LogP contribution is -2.18. The molecule has 32 heavy (non-hydrogen) atoms. The molecule has 0 saturated carbocycles. The van der Waals surface area contributed by atoms with Gasteiger partial charge in [-0.05, 0) is 80.6 Å². The second-order valence-electron chi connectivity index (χ2n) is 7.91. The number of amides is 1. The summed E-state index contributed by atoms with van der Waals surface area (Å²) in [5.74, 6) is -0.251. The number of hydrogen-bond donors (Lipinski definition) is 1. The van der Waals surface area contributed by atoms with Crippen molar-refractivity contribution in [3.8, 4) is 11.4 Å². The number of nitrogens with one attached hydrogen (secondary N) is 1. The number of nitrogens with zero attached hydrogens (tertiary/aromatic N) is 4. The van der Waals surface area contributed by atoms with E-state index >= 15 is 0 Å². The van der Waals surface area contributed by atoms with Crippen LogP contribution in [-0.2, 0) is 0 Å². The number of carbonyl (C=O) groups is 1. The second kappa shape index (κ2) is 8.98. The zero-order valence-electron chi connectivity index (χ0n) is 18.8. The van der Waals surface area contributed by atoms with Crippen LogP contribution in [0.3, 0.4) is 0 Å². The van der Waals surface area contributed by atoms with Crippen LogP contribution in [0.2, 0.25) is 0 Å². The van der Waals surface area contributed by atoms with Crippen LogP contribution in [0, 0.1) is 13.8 Å². The highest BCUT2D eigenvalue weighted by Crippen LogP contribution is 2.18. The average Bonchev–Trinajstić information content (AvgIpc) is 3.39. The lowest BCUT2D eigenvalue weighted by Gasteiger charge is -2.13. The molecular formula is C26H27N5O. The fourth-order valence-electron chi connectivity index (χ4n) is 3.73. The molecule has 0 aliphatic rings. The number of rotatable bonds is 6. The van der Waals surface area contributed by atoms with Crippen molar-refractivity contribution in [2.45, 2.75) is 13.8 Å². The molecule has 0 radical (unpaired) electrons. The summed E-state index contributed by atoms with van der Waals surface area (Å²) >= 11 is 0. The van der Waals surface area contributed by atoms with E-state index in [1.807, 2.05) is 69.0 Å². The summed E-state index contributed by atoms with van der Waals surface area (Å²) in [5.41, 5.74) is 9.43. The Labute approximate surface area is 188 Å². The molecule has 0 atom stereocenters. The molecule has 0 spiro atoms. The predicted molar refractivity (Wildman–Crippen MR) is 130 cm³/mol. The van der Waals surface area contributed by atoms with E-state index in [4.69, 9.17) is 0 Å². The molecule has 162 valence electrons. The van der Waals surface area contributed by atoms with Crippen molar-refractivity contribution in [2.75, 3.05) is 19.0 Å². The van der Waals surface area contributed by atoms with Gasteiger partial charge in [0.25, 0.3) is 5.91 Å². The molecule has 2 heterocycles. The first kappa shape index (κ1) is 21.2. The molecule has 6 heteroatoms. The highest BCUT2D eigenvalue weighted by atomic mass is 16.2. The molecule has 0 unspecified atom stereocenters. The maximum atomic E-state index is 12.7. The van der Waals surface area contributed by atoms with Crippen molar-refractivity contribution in [1.29, 1.82) is 0 Å². The molecule has 0 aliphatic heterocycles. The lowest BCUT2D eigenvalue weighted by molar-refractivity contribution is 0.0955. The molecular weight excluding hydrogens is 398 g/mol. The molecule has 0 bridgehead atoms. The van der Waals surface area contributed by atoms with E-state index in [2.05, 4.69) is 56.4 Å². The van der Waals surface area contributed by atoms with Crippen molar-refractivity contribution >= 4 is 17.8 Å². The first-order valence-electron chi connectivity index (χ1n) is 10.5. The predicted octanol–water partition coefficient (Wildman–Crippen LogP) is 4.71. The molecule has 1 N–H and O–H groups in total. The Bertz CT molecular complexity index is 1240. The highest BCUT2D eigenvalue weighted by Gasteiger charge is 2.09. The maximum Gasteiger partial charge on any atom is 0.271 e. The van der Waals surface area contributed by atoms with Gasteiger partial charge in [0.1, 0.15) is 0 Å². The van der Waals surface area contributed by atoms with E-state index in [-0.39, 0.29) is 5.91 Å². The Kier molecular flexibility index (Phi) is 5.94. The molecule has 0 aliphatic carbocycles. The zero-order valence-corrected chi connectivity index (χ0v) is 18.8. The van der Waals surface area contributed by atoms with Crippen molar-refractivity contribution < 1.29 is 4.79 Å². The number of anilines is 1. The molecule has 6 nitrogen and oxygen atoms in total. The van der Waals surface area contributed by atoms with E-state index in [1.165, 1.54) is 0 Å². The topological polar surface area (TPSA) is 54.6 Å². The van der Waals surface area contributed by atoms with Gasteiger partial charge in [-0.1, -0.05) is 6.07 Å². The van der Waals surface area contributed by atoms with Gasteiger partial charge in [0.2, 0.25) is 0 Å². The van der Waals surface area contributed by atoms with Crippen LogP contribution in [0.1, 0.15) is 27.4 Å². The normalized spacial score (nSPS) is 11.1. The summed E-state index contributed by atoms with van der Waals surface area (Å²) in [6.07, 6.45) is 3.63. The molecule has 2 aromatic carbocycles. The molecule has 1 amide bonds. The van der Waals surface area contributed by atoms with Crippen molar-refractivity contribution in [1.82, 2.24) is 14.6 Å². The van der Waals surface area contributed by atoms with Crippen LogP contribution in [-0.4, -0.2) is 35.4 Å². The number of aromatic nitrogens is 2. The Morgan fingerprint density at radius 2 is 1.62 bits per heavy atom. The summed E-state index contributed by atoms with van der Waals surface area (Å²) in [7, 11) is 4.03. The third-order valence-electron chi connectivity index (χ3n) is 5.43. The average molecular weight is 426 g/mol. The standard InChI is InChI=1S/C26H27N5O/c1-19-10-11-20(2)31(19)24-8-5-7-21(17-24)26(32)28-27-18-25-9-6-16-30(25)23-14-12-22(13-15-23)29(3)4/h5-18H,1-4H3,(H,28,32)/b27-18-. The molecule has 0 saturated heterocycles. The zero-order chi connectivity index (χ0) is 22.7. The van der Waals surface area contributed by atoms with Crippen molar-refractivity contribution in [2.24, 2.45) is 5.10 Å². The van der Waals surface area contributed by atoms with Gasteiger partial charge < -0.3 is 14.0 Å². The van der Waals surface area contributed by atoms with E-state index < -0.39 is 0 Å². The van der Waals surface area contributed by atoms with E-state index in [1.54, 1.807) is 12.3 Å². The Morgan fingerprint density at radius 3 is 2.31 bits per heavy atom. The number of hydrogen-bond acceptors (Lipinski definition) is 3. The molecule has 0 fully saturated rings. The smallest absolute Gasteiger partial charge is 0.271 e. The quantitative estimate of drug-likeness (QED) is 0.359. The molecule has 2 aromatic heterocycles. The van der Waals surface area contributed by atoms with Crippen LogP contribution in [0.25, 0.3) is 11.4 Å². The molecule has 4 rings (SSSR count). The Balaban J connectivity index is 1.48. The number of aryl methyl sites for hydroxylation is 2. The SMILES string of the molecule is Cc1ccc(C)n1-c1cccc(C(=O)N/N=C\c2cccn2-c2ccc(N(C)C)cc2)c1. The Hall–Kier alpha value is -4.06. The summed E-state index contributed by atoms with van der Waals surface area (Å²) in [5, 5.41) is 4.19. The largest absolute Gasteiger partial charge is 0.378 e. The van der Waals surface area contributed by atoms with Gasteiger partial charge in [0.05, 0.1) is 11.9 Å². The third-order valence-corrected chi connectivity index (χ3v) is 5.43. The highest BCUT2D eigenvalue weighted by molar-refractivity contribution is 5.95. The van der Waals surface area contributed by atoms with E-state index in [0.29, 0.717) is 5.56 Å². The van der Waals surface area contributed by atoms with E-state index in [9.17, 15) is 4.79 Å². The fourth-order valence-corrected chi connectivity index (χ4v) is 3.73. The number of carbonyl (C=O) groups excluding carboxylic acids is 1. The van der Waals surface area contributed by atoms with E-state index in [0.717, 1.165) is 34.1 Å². The molecule has 4 aromatic rings. The summed E-state index contributed by atoms with van der Waals surface area (Å²) < 4.78 is 4.14. The minimum absolute atomic E-state index is 0.251. The van der Waals surface area contributed by atoms with Gasteiger partial charge >= 0.3 is 0 Å². The summed E-state index contributed by atoms with van der Waals surface area (Å²) in [6, 6.07) is 23.8.